The third-order valence-electron chi connectivity index (χ3n) is 4.97. The van der Waals surface area contributed by atoms with Crippen molar-refractivity contribution >= 4 is 53.1 Å². The van der Waals surface area contributed by atoms with Crippen molar-refractivity contribution < 1.29 is 28.6 Å². The van der Waals surface area contributed by atoms with Gasteiger partial charge in [-0.3, -0.25) is 14.5 Å². The summed E-state index contributed by atoms with van der Waals surface area (Å²) in [6, 6.07) is 8.51. The molecule has 2 atom stereocenters. The minimum atomic E-state index is -1.17. The zero-order valence-corrected chi connectivity index (χ0v) is 20.6. The summed E-state index contributed by atoms with van der Waals surface area (Å²) in [5.41, 5.74) is 0.564. The summed E-state index contributed by atoms with van der Waals surface area (Å²) in [4.78, 5) is 38.3. The number of aryl methyl sites for hydroxylation is 1. The Morgan fingerprint density at radius 1 is 1.32 bits per heavy atom. The van der Waals surface area contributed by atoms with Crippen LogP contribution in [-0.4, -0.2) is 72.6 Å². The van der Waals surface area contributed by atoms with Crippen molar-refractivity contribution in [3.05, 3.63) is 47.5 Å². The number of amides is 2. The summed E-state index contributed by atoms with van der Waals surface area (Å²) < 4.78 is 11.0. The fraction of sp³-hybridized carbons (Fsp3) is 0.381. The standard InChI is InChI=1S/C21H22N4O6S3/c1-2-15-23-24-21(31-15)34-9-12-8-33-19-16(18(27)25(19)17(12)20(28)29)22-14(26)10-32-11-30-13-6-4-3-5-7-13/h3-7,16,19H,2,8-11H2,1H3,(H,22,26)(H,28,29)/t16-,19?/m0/s1. The SMILES string of the molecule is CCc1nnc(SCC2=C(C(=O)O)N3C(=O)[C@H](NC(=O)CSCOc4ccccc4)C3SC2)o1. The smallest absolute Gasteiger partial charge is 0.352 e. The molecule has 3 heterocycles. The second-order valence-electron chi connectivity index (χ2n) is 7.24. The molecule has 4 rings (SSSR count). The molecule has 0 saturated carbocycles. The number of carboxylic acids is 1. The van der Waals surface area contributed by atoms with Crippen LogP contribution in [0.1, 0.15) is 12.8 Å². The minimum Gasteiger partial charge on any atom is -0.483 e. The van der Waals surface area contributed by atoms with Crippen LogP contribution in [0, 0.1) is 0 Å². The molecule has 34 heavy (non-hydrogen) atoms. The van der Waals surface area contributed by atoms with Gasteiger partial charge in [-0.05, 0) is 17.7 Å². The van der Waals surface area contributed by atoms with Crippen LogP contribution in [0.15, 0.2) is 51.2 Å². The maximum atomic E-state index is 12.7. The molecule has 2 aliphatic heterocycles. The minimum absolute atomic E-state index is 0.0346. The normalized spacial score (nSPS) is 19.4. The van der Waals surface area contributed by atoms with Crippen LogP contribution in [-0.2, 0) is 20.8 Å². The van der Waals surface area contributed by atoms with E-state index in [0.29, 0.717) is 46.3 Å². The lowest BCUT2D eigenvalue weighted by Crippen LogP contribution is -2.70. The first kappa shape index (κ1) is 24.5. The first-order valence-electron chi connectivity index (χ1n) is 10.4. The first-order chi connectivity index (χ1) is 16.5. The first-order valence-corrected chi connectivity index (χ1v) is 13.6. The van der Waals surface area contributed by atoms with Gasteiger partial charge in [-0.15, -0.1) is 33.7 Å². The van der Waals surface area contributed by atoms with Crippen LogP contribution in [0.3, 0.4) is 0 Å². The number of hydrogen-bond acceptors (Lipinski definition) is 10. The van der Waals surface area contributed by atoms with Crippen LogP contribution < -0.4 is 10.1 Å². The second kappa shape index (κ2) is 11.2. The van der Waals surface area contributed by atoms with Gasteiger partial charge in [-0.2, -0.15) is 0 Å². The number of para-hydroxylation sites is 1. The summed E-state index contributed by atoms with van der Waals surface area (Å²) in [6.07, 6.45) is 0.613. The molecule has 1 unspecified atom stereocenters. The molecular formula is C21H22N4O6S3. The number of benzene rings is 1. The lowest BCUT2D eigenvalue weighted by molar-refractivity contribution is -0.150. The summed E-state index contributed by atoms with van der Waals surface area (Å²) in [7, 11) is 0. The molecule has 1 saturated heterocycles. The Bertz CT molecular complexity index is 1090. The molecule has 2 amide bonds. The van der Waals surface area contributed by atoms with Gasteiger partial charge in [0, 0.05) is 17.9 Å². The molecule has 10 nitrogen and oxygen atoms in total. The van der Waals surface area contributed by atoms with E-state index in [-0.39, 0.29) is 17.4 Å². The Morgan fingerprint density at radius 2 is 2.12 bits per heavy atom. The molecular weight excluding hydrogens is 500 g/mol. The Hall–Kier alpha value is -2.64. The van der Waals surface area contributed by atoms with E-state index in [9.17, 15) is 19.5 Å². The molecule has 1 fully saturated rings. The Kier molecular flexibility index (Phi) is 8.06. The number of carbonyl (C=O) groups is 3. The molecule has 0 spiro atoms. The Morgan fingerprint density at radius 3 is 2.82 bits per heavy atom. The van der Waals surface area contributed by atoms with Gasteiger partial charge >= 0.3 is 5.97 Å². The number of β-lactam (4-membered cyclic amide) rings is 1. The third kappa shape index (κ3) is 5.53. The molecule has 1 aromatic carbocycles. The zero-order valence-electron chi connectivity index (χ0n) is 18.1. The van der Waals surface area contributed by atoms with E-state index in [4.69, 9.17) is 9.15 Å². The molecule has 2 N–H and O–H groups in total. The van der Waals surface area contributed by atoms with E-state index in [1.807, 2.05) is 37.3 Å². The molecule has 2 aromatic rings. The predicted octanol–water partition coefficient (Wildman–Crippen LogP) is 2.23. The molecule has 180 valence electrons. The van der Waals surface area contributed by atoms with Crippen molar-refractivity contribution in [2.75, 3.05) is 23.2 Å². The van der Waals surface area contributed by atoms with Crippen molar-refractivity contribution in [2.45, 2.75) is 30.0 Å². The van der Waals surface area contributed by atoms with Crippen molar-refractivity contribution in [3.8, 4) is 5.75 Å². The number of aliphatic carboxylic acids is 1. The van der Waals surface area contributed by atoms with Gasteiger partial charge in [0.15, 0.2) is 0 Å². The highest BCUT2D eigenvalue weighted by molar-refractivity contribution is 8.01. The van der Waals surface area contributed by atoms with Gasteiger partial charge in [-0.1, -0.05) is 36.9 Å². The van der Waals surface area contributed by atoms with E-state index in [1.54, 1.807) is 0 Å². The quantitative estimate of drug-likeness (QED) is 0.195. The number of rotatable bonds is 11. The number of fused-ring (bicyclic) bond motifs is 1. The number of thioether (sulfide) groups is 3. The molecule has 13 heteroatoms. The van der Waals surface area contributed by atoms with E-state index < -0.39 is 23.3 Å². The van der Waals surface area contributed by atoms with Crippen molar-refractivity contribution in [1.29, 1.82) is 0 Å². The second-order valence-corrected chi connectivity index (χ2v) is 10.2. The number of carbonyl (C=O) groups excluding carboxylic acids is 2. The largest absolute Gasteiger partial charge is 0.483 e. The average Bonchev–Trinajstić information content (AvgIpc) is 3.32. The topological polar surface area (TPSA) is 135 Å². The highest BCUT2D eigenvalue weighted by Gasteiger charge is 2.54. The molecule has 0 bridgehead atoms. The molecule has 2 aliphatic rings. The zero-order chi connectivity index (χ0) is 24.1. The number of nitrogens with zero attached hydrogens (tertiary/aromatic N) is 3. The van der Waals surface area contributed by atoms with Crippen LogP contribution in [0.2, 0.25) is 0 Å². The fourth-order valence-electron chi connectivity index (χ4n) is 3.36. The number of aromatic nitrogens is 2. The van der Waals surface area contributed by atoms with Crippen molar-refractivity contribution in [1.82, 2.24) is 20.4 Å². The lowest BCUT2D eigenvalue weighted by Gasteiger charge is -2.49. The summed E-state index contributed by atoms with van der Waals surface area (Å²) >= 11 is 3.95. The third-order valence-corrected chi connectivity index (χ3v) is 7.97. The highest BCUT2D eigenvalue weighted by atomic mass is 32.2. The Labute approximate surface area is 208 Å². The fourth-order valence-corrected chi connectivity index (χ4v) is 6.20. The summed E-state index contributed by atoms with van der Waals surface area (Å²) in [6.45, 7) is 1.90. The number of nitrogens with one attached hydrogen (secondary N) is 1. The monoisotopic (exact) mass is 522 g/mol. The lowest BCUT2D eigenvalue weighted by atomic mass is 10.0. The number of hydrogen-bond donors (Lipinski definition) is 2. The van der Waals surface area contributed by atoms with Crippen LogP contribution in [0.5, 0.6) is 5.75 Å². The predicted molar refractivity (Wildman–Crippen MR) is 128 cm³/mol. The van der Waals surface area contributed by atoms with Gasteiger partial charge in [0.25, 0.3) is 11.1 Å². The Balaban J connectivity index is 1.30. The summed E-state index contributed by atoms with van der Waals surface area (Å²) in [5, 5.41) is 20.2. The van der Waals surface area contributed by atoms with Gasteiger partial charge in [0.2, 0.25) is 11.8 Å². The highest BCUT2D eigenvalue weighted by Crippen LogP contribution is 2.41. The maximum absolute atomic E-state index is 12.7. The summed E-state index contributed by atoms with van der Waals surface area (Å²) in [5.74, 6) is 0.476. The number of ether oxygens (including phenoxy) is 1. The van der Waals surface area contributed by atoms with Crippen LogP contribution >= 0.6 is 35.3 Å². The molecule has 1 aromatic heterocycles. The van der Waals surface area contributed by atoms with Gasteiger partial charge in [0.05, 0.1) is 5.75 Å². The van der Waals surface area contributed by atoms with Crippen LogP contribution in [0.4, 0.5) is 0 Å². The van der Waals surface area contributed by atoms with Gasteiger partial charge < -0.3 is 19.6 Å². The average molecular weight is 523 g/mol. The van der Waals surface area contributed by atoms with Crippen molar-refractivity contribution in [2.24, 2.45) is 0 Å². The van der Waals surface area contributed by atoms with Crippen LogP contribution in [0.25, 0.3) is 0 Å². The van der Waals surface area contributed by atoms with Crippen molar-refractivity contribution in [3.63, 3.8) is 0 Å². The maximum Gasteiger partial charge on any atom is 0.352 e. The molecule has 0 aliphatic carbocycles. The van der Waals surface area contributed by atoms with Gasteiger partial charge in [-0.25, -0.2) is 4.79 Å². The molecule has 0 radical (unpaired) electrons. The van der Waals surface area contributed by atoms with Gasteiger partial charge in [0.1, 0.15) is 28.8 Å². The van der Waals surface area contributed by atoms with E-state index in [1.165, 1.54) is 40.2 Å². The van der Waals surface area contributed by atoms with E-state index in [2.05, 4.69) is 15.5 Å². The number of carboxylic acid groups (broad SMARTS) is 1. The van der Waals surface area contributed by atoms with E-state index in [0.717, 1.165) is 0 Å². The van der Waals surface area contributed by atoms with E-state index >= 15 is 0 Å².